The van der Waals surface area contributed by atoms with Crippen LogP contribution in [-0.4, -0.2) is 27.7 Å². The van der Waals surface area contributed by atoms with Gasteiger partial charge in [0.2, 0.25) is 5.95 Å². The quantitative estimate of drug-likeness (QED) is 0.734. The van der Waals surface area contributed by atoms with E-state index in [0.717, 1.165) is 11.4 Å². The first-order chi connectivity index (χ1) is 9.81. The number of halogens is 1. The van der Waals surface area contributed by atoms with E-state index in [-0.39, 0.29) is 0 Å². The topological polar surface area (TPSA) is 51.5 Å². The maximum Gasteiger partial charge on any atom is 0.243 e. The number of pyridine rings is 1. The van der Waals surface area contributed by atoms with Crippen LogP contribution in [0, 0.1) is 0 Å². The second-order valence-corrected chi connectivity index (χ2v) is 4.61. The van der Waals surface area contributed by atoms with Gasteiger partial charge in [0.05, 0.1) is 11.6 Å². The molecular weight excluding hydrogens is 276 g/mol. The van der Waals surface area contributed by atoms with Crippen molar-refractivity contribution in [2.75, 3.05) is 18.5 Å². The molecule has 6 heteroatoms. The number of fused-ring (bicyclic) bond motifs is 1. The zero-order chi connectivity index (χ0) is 13.8. The Bertz CT molecular complexity index is 699. The summed E-state index contributed by atoms with van der Waals surface area (Å²) in [5.41, 5.74) is 0.751. The number of benzene rings is 1. The Morgan fingerprint density at radius 2 is 2.00 bits per heavy atom. The average molecular weight is 289 g/mol. The first-order valence-corrected chi connectivity index (χ1v) is 6.63. The molecule has 2 heterocycles. The van der Waals surface area contributed by atoms with Crippen LogP contribution < -0.4 is 10.1 Å². The van der Waals surface area contributed by atoms with Crippen molar-refractivity contribution in [3.63, 3.8) is 0 Å². The smallest absolute Gasteiger partial charge is 0.243 e. The van der Waals surface area contributed by atoms with Gasteiger partial charge in [0, 0.05) is 6.20 Å². The SMILES string of the molecule is Clc1ccc2nc(NCCOc3ccccc3)nn2c1. The van der Waals surface area contributed by atoms with Crippen LogP contribution >= 0.6 is 11.6 Å². The van der Waals surface area contributed by atoms with Crippen molar-refractivity contribution in [1.82, 2.24) is 14.6 Å². The van der Waals surface area contributed by atoms with Crippen molar-refractivity contribution < 1.29 is 4.74 Å². The molecule has 20 heavy (non-hydrogen) atoms. The van der Waals surface area contributed by atoms with Gasteiger partial charge in [0.25, 0.3) is 0 Å². The van der Waals surface area contributed by atoms with E-state index >= 15 is 0 Å². The summed E-state index contributed by atoms with van der Waals surface area (Å²) in [6, 6.07) is 13.3. The van der Waals surface area contributed by atoms with Gasteiger partial charge in [-0.1, -0.05) is 29.8 Å². The molecule has 0 unspecified atom stereocenters. The van der Waals surface area contributed by atoms with E-state index in [1.54, 1.807) is 16.8 Å². The molecule has 1 N–H and O–H groups in total. The van der Waals surface area contributed by atoms with Gasteiger partial charge in [0.1, 0.15) is 12.4 Å². The Morgan fingerprint density at radius 1 is 1.15 bits per heavy atom. The molecule has 0 saturated heterocycles. The van der Waals surface area contributed by atoms with E-state index < -0.39 is 0 Å². The molecule has 0 aliphatic carbocycles. The van der Waals surface area contributed by atoms with Crippen molar-refractivity contribution in [3.8, 4) is 5.75 Å². The fraction of sp³-hybridized carbons (Fsp3) is 0.143. The predicted molar refractivity (Wildman–Crippen MR) is 78.4 cm³/mol. The summed E-state index contributed by atoms with van der Waals surface area (Å²) >= 11 is 5.89. The second-order valence-electron chi connectivity index (χ2n) is 4.17. The van der Waals surface area contributed by atoms with Crippen molar-refractivity contribution >= 4 is 23.2 Å². The molecule has 1 aromatic carbocycles. The summed E-state index contributed by atoms with van der Waals surface area (Å²) < 4.78 is 7.22. The molecule has 3 rings (SSSR count). The Morgan fingerprint density at radius 3 is 2.85 bits per heavy atom. The molecule has 0 radical (unpaired) electrons. The Labute approximate surface area is 121 Å². The zero-order valence-corrected chi connectivity index (χ0v) is 11.4. The summed E-state index contributed by atoms with van der Waals surface area (Å²) in [4.78, 5) is 4.32. The van der Waals surface area contributed by atoms with Crippen molar-refractivity contribution in [2.24, 2.45) is 0 Å². The molecule has 0 fully saturated rings. The number of hydrogen-bond acceptors (Lipinski definition) is 4. The average Bonchev–Trinajstić information content (AvgIpc) is 2.86. The lowest BCUT2D eigenvalue weighted by molar-refractivity contribution is 0.332. The second kappa shape index (κ2) is 5.79. The van der Waals surface area contributed by atoms with Crippen LogP contribution in [0.5, 0.6) is 5.75 Å². The number of para-hydroxylation sites is 1. The van der Waals surface area contributed by atoms with Gasteiger partial charge in [0.15, 0.2) is 5.65 Å². The minimum atomic E-state index is 0.542. The van der Waals surface area contributed by atoms with Crippen LogP contribution in [0.3, 0.4) is 0 Å². The molecule has 0 bridgehead atoms. The van der Waals surface area contributed by atoms with Crippen molar-refractivity contribution in [1.29, 1.82) is 0 Å². The Balaban J connectivity index is 1.55. The van der Waals surface area contributed by atoms with Gasteiger partial charge in [-0.25, -0.2) is 4.52 Å². The van der Waals surface area contributed by atoms with Crippen LogP contribution in [0.2, 0.25) is 5.02 Å². The lowest BCUT2D eigenvalue weighted by Crippen LogP contribution is -2.12. The minimum Gasteiger partial charge on any atom is -0.492 e. The van der Waals surface area contributed by atoms with E-state index in [9.17, 15) is 0 Å². The first-order valence-electron chi connectivity index (χ1n) is 6.25. The van der Waals surface area contributed by atoms with Gasteiger partial charge in [-0.2, -0.15) is 4.98 Å². The number of hydrogen-bond donors (Lipinski definition) is 1. The van der Waals surface area contributed by atoms with Gasteiger partial charge >= 0.3 is 0 Å². The highest BCUT2D eigenvalue weighted by atomic mass is 35.5. The molecule has 5 nitrogen and oxygen atoms in total. The molecule has 2 aromatic heterocycles. The summed E-state index contributed by atoms with van der Waals surface area (Å²) in [7, 11) is 0. The van der Waals surface area contributed by atoms with E-state index in [0.29, 0.717) is 24.1 Å². The maximum absolute atomic E-state index is 5.89. The van der Waals surface area contributed by atoms with Crippen LogP contribution in [0.4, 0.5) is 5.95 Å². The molecular formula is C14H13ClN4O. The van der Waals surface area contributed by atoms with E-state index in [4.69, 9.17) is 16.3 Å². The lowest BCUT2D eigenvalue weighted by atomic mass is 10.3. The zero-order valence-electron chi connectivity index (χ0n) is 10.7. The summed E-state index contributed by atoms with van der Waals surface area (Å²) in [5.74, 6) is 1.41. The number of aromatic nitrogens is 3. The van der Waals surface area contributed by atoms with Crippen LogP contribution in [0.1, 0.15) is 0 Å². The summed E-state index contributed by atoms with van der Waals surface area (Å²) in [6.07, 6.45) is 1.72. The van der Waals surface area contributed by atoms with E-state index in [1.807, 2.05) is 36.4 Å². The molecule has 0 amide bonds. The molecule has 102 valence electrons. The standard InChI is InChI=1S/C14H13ClN4O/c15-11-6-7-13-17-14(18-19(13)10-11)16-8-9-20-12-4-2-1-3-5-12/h1-7,10H,8-9H2,(H,16,18). The molecule has 3 aromatic rings. The lowest BCUT2D eigenvalue weighted by Gasteiger charge is -2.05. The summed E-state index contributed by atoms with van der Waals surface area (Å²) in [5, 5.41) is 8.01. The fourth-order valence-corrected chi connectivity index (χ4v) is 1.94. The molecule has 0 spiro atoms. The minimum absolute atomic E-state index is 0.542. The third-order valence-electron chi connectivity index (χ3n) is 2.69. The highest BCUT2D eigenvalue weighted by molar-refractivity contribution is 6.30. The van der Waals surface area contributed by atoms with Crippen LogP contribution in [-0.2, 0) is 0 Å². The van der Waals surface area contributed by atoms with Gasteiger partial charge < -0.3 is 10.1 Å². The van der Waals surface area contributed by atoms with Crippen molar-refractivity contribution in [3.05, 3.63) is 53.7 Å². The third-order valence-corrected chi connectivity index (χ3v) is 2.92. The third kappa shape index (κ3) is 3.00. The number of nitrogens with zero attached hydrogens (tertiary/aromatic N) is 3. The largest absolute Gasteiger partial charge is 0.492 e. The molecule has 0 aliphatic rings. The molecule has 0 aliphatic heterocycles. The van der Waals surface area contributed by atoms with E-state index in [2.05, 4.69) is 15.4 Å². The molecule has 0 atom stereocenters. The Hall–Kier alpha value is -2.27. The molecule has 0 saturated carbocycles. The highest BCUT2D eigenvalue weighted by Gasteiger charge is 2.02. The van der Waals surface area contributed by atoms with Crippen molar-refractivity contribution in [2.45, 2.75) is 0 Å². The first kappa shape index (κ1) is 12.7. The van der Waals surface area contributed by atoms with Gasteiger partial charge in [-0.15, -0.1) is 5.10 Å². The number of nitrogens with one attached hydrogen (secondary N) is 1. The van der Waals surface area contributed by atoms with Gasteiger partial charge in [-0.05, 0) is 24.3 Å². The van der Waals surface area contributed by atoms with Crippen LogP contribution in [0.25, 0.3) is 5.65 Å². The maximum atomic E-state index is 5.89. The van der Waals surface area contributed by atoms with E-state index in [1.165, 1.54) is 0 Å². The van der Waals surface area contributed by atoms with Gasteiger partial charge in [-0.3, -0.25) is 0 Å². The highest BCUT2D eigenvalue weighted by Crippen LogP contribution is 2.11. The summed E-state index contributed by atoms with van der Waals surface area (Å²) in [6.45, 7) is 1.17. The number of rotatable bonds is 5. The predicted octanol–water partition coefficient (Wildman–Crippen LogP) is 2.87. The number of anilines is 1. The Kier molecular flexibility index (Phi) is 3.69. The fourth-order valence-electron chi connectivity index (χ4n) is 1.78. The number of ether oxygens (including phenoxy) is 1. The van der Waals surface area contributed by atoms with Crippen LogP contribution in [0.15, 0.2) is 48.7 Å². The monoisotopic (exact) mass is 288 g/mol. The normalized spacial score (nSPS) is 10.7.